The molecule has 1 aliphatic rings. The number of hydrogen-bond donors (Lipinski definition) is 2. The predicted octanol–water partition coefficient (Wildman–Crippen LogP) is 2.59. The average Bonchev–Trinajstić information content (AvgIpc) is 3.46. The van der Waals surface area contributed by atoms with Gasteiger partial charge in [0.15, 0.2) is 0 Å². The van der Waals surface area contributed by atoms with Crippen LogP contribution in [0.3, 0.4) is 0 Å². The Bertz CT molecular complexity index is 790. The Kier molecular flexibility index (Phi) is 6.08. The highest BCUT2D eigenvalue weighted by molar-refractivity contribution is 5.96. The molecular formula is C21H25N3O3. The number of methoxy groups -OCH3 is 1. The Hall–Kier alpha value is -2.86. The first-order valence-electron chi connectivity index (χ1n) is 9.06. The van der Waals surface area contributed by atoms with Gasteiger partial charge in [-0.25, -0.2) is 0 Å². The second kappa shape index (κ2) is 8.68. The third-order valence-corrected chi connectivity index (χ3v) is 4.48. The molecule has 2 N–H and O–H groups in total. The minimum Gasteiger partial charge on any atom is -0.497 e. The van der Waals surface area contributed by atoms with Crippen LogP contribution in [0.5, 0.6) is 5.75 Å². The van der Waals surface area contributed by atoms with Crippen molar-refractivity contribution in [3.63, 3.8) is 0 Å². The summed E-state index contributed by atoms with van der Waals surface area (Å²) < 4.78 is 5.21. The average molecular weight is 367 g/mol. The van der Waals surface area contributed by atoms with E-state index in [0.29, 0.717) is 17.5 Å². The Balaban J connectivity index is 1.75. The Labute approximate surface area is 159 Å². The standard InChI is InChI=1S/C21H25N3O3/c1-24(14-19(25)22-16-11-12-16)20(15-7-4-3-5-8-15)21(26)23-17-9-6-10-18(13-17)27-2/h3-10,13,16,20H,11-12,14H2,1-2H3,(H,22,25)(H,23,26)/t20-/m1/s1. The number of nitrogens with one attached hydrogen (secondary N) is 2. The van der Waals surface area contributed by atoms with Gasteiger partial charge in [0, 0.05) is 17.8 Å². The molecule has 142 valence electrons. The topological polar surface area (TPSA) is 70.7 Å². The molecule has 6 nitrogen and oxygen atoms in total. The van der Waals surface area contributed by atoms with Crippen LogP contribution >= 0.6 is 0 Å². The molecule has 27 heavy (non-hydrogen) atoms. The molecule has 0 aliphatic heterocycles. The van der Waals surface area contributed by atoms with Crippen molar-refractivity contribution in [2.45, 2.75) is 24.9 Å². The van der Waals surface area contributed by atoms with E-state index in [0.717, 1.165) is 18.4 Å². The van der Waals surface area contributed by atoms with Crippen LogP contribution in [0.15, 0.2) is 54.6 Å². The fourth-order valence-corrected chi connectivity index (χ4v) is 2.97. The van der Waals surface area contributed by atoms with Crippen molar-refractivity contribution in [1.82, 2.24) is 10.2 Å². The summed E-state index contributed by atoms with van der Waals surface area (Å²) in [5, 5.41) is 5.90. The van der Waals surface area contributed by atoms with E-state index < -0.39 is 6.04 Å². The highest BCUT2D eigenvalue weighted by Crippen LogP contribution is 2.24. The first-order valence-corrected chi connectivity index (χ1v) is 9.06. The summed E-state index contributed by atoms with van der Waals surface area (Å²) in [4.78, 5) is 27.0. The molecule has 0 unspecified atom stereocenters. The van der Waals surface area contributed by atoms with Crippen molar-refractivity contribution in [3.05, 3.63) is 60.2 Å². The minimum absolute atomic E-state index is 0.0601. The maximum absolute atomic E-state index is 13.0. The lowest BCUT2D eigenvalue weighted by atomic mass is 10.0. The fourth-order valence-electron chi connectivity index (χ4n) is 2.97. The van der Waals surface area contributed by atoms with E-state index in [4.69, 9.17) is 4.74 Å². The van der Waals surface area contributed by atoms with Crippen molar-refractivity contribution in [3.8, 4) is 5.75 Å². The largest absolute Gasteiger partial charge is 0.497 e. The first-order chi connectivity index (χ1) is 13.1. The normalized spacial score (nSPS) is 14.5. The van der Waals surface area contributed by atoms with Crippen LogP contribution in [-0.2, 0) is 9.59 Å². The van der Waals surface area contributed by atoms with E-state index in [1.807, 2.05) is 48.5 Å². The zero-order valence-electron chi connectivity index (χ0n) is 15.6. The van der Waals surface area contributed by atoms with Gasteiger partial charge < -0.3 is 15.4 Å². The molecule has 2 amide bonds. The van der Waals surface area contributed by atoms with Crippen molar-refractivity contribution in [2.75, 3.05) is 26.0 Å². The third kappa shape index (κ3) is 5.31. The number of anilines is 1. The van der Waals surface area contributed by atoms with E-state index in [-0.39, 0.29) is 18.4 Å². The van der Waals surface area contributed by atoms with Gasteiger partial charge in [-0.05, 0) is 37.6 Å². The third-order valence-electron chi connectivity index (χ3n) is 4.48. The molecule has 0 radical (unpaired) electrons. The Morgan fingerprint density at radius 3 is 2.56 bits per heavy atom. The van der Waals surface area contributed by atoms with E-state index >= 15 is 0 Å². The summed E-state index contributed by atoms with van der Waals surface area (Å²) in [6.07, 6.45) is 2.07. The second-order valence-electron chi connectivity index (χ2n) is 6.79. The van der Waals surface area contributed by atoms with Gasteiger partial charge in [0.2, 0.25) is 11.8 Å². The summed E-state index contributed by atoms with van der Waals surface area (Å²) in [5.41, 5.74) is 1.48. The van der Waals surface area contributed by atoms with E-state index in [9.17, 15) is 9.59 Å². The Morgan fingerprint density at radius 2 is 1.89 bits per heavy atom. The monoisotopic (exact) mass is 367 g/mol. The molecule has 2 aromatic carbocycles. The highest BCUT2D eigenvalue weighted by Gasteiger charge is 2.29. The van der Waals surface area contributed by atoms with Crippen molar-refractivity contribution < 1.29 is 14.3 Å². The van der Waals surface area contributed by atoms with Gasteiger partial charge in [0.1, 0.15) is 11.8 Å². The van der Waals surface area contributed by atoms with Crippen LogP contribution in [0.1, 0.15) is 24.4 Å². The Morgan fingerprint density at radius 1 is 1.15 bits per heavy atom. The van der Waals surface area contributed by atoms with Gasteiger partial charge in [-0.15, -0.1) is 0 Å². The van der Waals surface area contributed by atoms with Gasteiger partial charge in [-0.3, -0.25) is 14.5 Å². The molecule has 1 atom stereocenters. The molecule has 1 fully saturated rings. The van der Waals surface area contributed by atoms with Crippen LogP contribution < -0.4 is 15.4 Å². The molecule has 6 heteroatoms. The molecule has 0 spiro atoms. The van der Waals surface area contributed by atoms with Gasteiger partial charge in [-0.2, -0.15) is 0 Å². The van der Waals surface area contributed by atoms with Crippen molar-refractivity contribution in [2.24, 2.45) is 0 Å². The van der Waals surface area contributed by atoms with Crippen molar-refractivity contribution in [1.29, 1.82) is 0 Å². The number of carbonyl (C=O) groups is 2. The van der Waals surface area contributed by atoms with Crippen LogP contribution in [0, 0.1) is 0 Å². The maximum Gasteiger partial charge on any atom is 0.246 e. The second-order valence-corrected chi connectivity index (χ2v) is 6.79. The fraction of sp³-hybridized carbons (Fsp3) is 0.333. The first kappa shape index (κ1) is 18.9. The SMILES string of the molecule is COc1cccc(NC(=O)[C@@H](c2ccccc2)N(C)CC(=O)NC2CC2)c1. The van der Waals surface area contributed by atoms with Crippen LogP contribution in [0.4, 0.5) is 5.69 Å². The van der Waals surface area contributed by atoms with Crippen LogP contribution in [0.2, 0.25) is 0 Å². The summed E-state index contributed by atoms with van der Waals surface area (Å²) in [6.45, 7) is 0.154. The molecule has 2 aromatic rings. The number of hydrogen-bond acceptors (Lipinski definition) is 4. The van der Waals surface area contributed by atoms with Crippen molar-refractivity contribution >= 4 is 17.5 Å². The zero-order valence-corrected chi connectivity index (χ0v) is 15.6. The summed E-state index contributed by atoms with van der Waals surface area (Å²) in [6, 6.07) is 16.4. The molecule has 0 aromatic heterocycles. The van der Waals surface area contributed by atoms with Crippen LogP contribution in [0.25, 0.3) is 0 Å². The van der Waals surface area contributed by atoms with Gasteiger partial charge in [-0.1, -0.05) is 36.4 Å². The quantitative estimate of drug-likeness (QED) is 0.752. The summed E-state index contributed by atoms with van der Waals surface area (Å²) in [7, 11) is 3.37. The predicted molar refractivity (Wildman–Crippen MR) is 105 cm³/mol. The van der Waals surface area contributed by atoms with Gasteiger partial charge in [0.25, 0.3) is 0 Å². The number of nitrogens with zero attached hydrogens (tertiary/aromatic N) is 1. The minimum atomic E-state index is -0.581. The van der Waals surface area contributed by atoms with Gasteiger partial charge >= 0.3 is 0 Å². The molecular weight excluding hydrogens is 342 g/mol. The molecule has 1 saturated carbocycles. The lowest BCUT2D eigenvalue weighted by Crippen LogP contribution is -2.41. The molecule has 0 bridgehead atoms. The number of rotatable bonds is 8. The molecule has 0 saturated heterocycles. The molecule has 3 rings (SSSR count). The number of amides is 2. The highest BCUT2D eigenvalue weighted by atomic mass is 16.5. The van der Waals surface area contributed by atoms with Gasteiger partial charge in [0.05, 0.1) is 13.7 Å². The number of carbonyl (C=O) groups excluding carboxylic acids is 2. The maximum atomic E-state index is 13.0. The summed E-state index contributed by atoms with van der Waals surface area (Å²) >= 11 is 0. The summed E-state index contributed by atoms with van der Waals surface area (Å²) in [5.74, 6) is 0.410. The van der Waals surface area contributed by atoms with E-state index in [2.05, 4.69) is 10.6 Å². The number of likely N-dealkylation sites (N-methyl/N-ethyl adjacent to an activating group) is 1. The van der Waals surface area contributed by atoms with E-state index in [1.54, 1.807) is 25.1 Å². The lowest BCUT2D eigenvalue weighted by Gasteiger charge is -2.27. The number of ether oxygens (including phenoxy) is 1. The zero-order chi connectivity index (χ0) is 19.2. The molecule has 0 heterocycles. The lowest BCUT2D eigenvalue weighted by molar-refractivity contribution is -0.125. The molecule has 1 aliphatic carbocycles. The van der Waals surface area contributed by atoms with Crippen LogP contribution in [-0.4, -0.2) is 43.5 Å². The van der Waals surface area contributed by atoms with E-state index in [1.165, 1.54) is 0 Å². The number of benzene rings is 2. The smallest absolute Gasteiger partial charge is 0.246 e.